The average molecular weight is 394 g/mol. The number of carbonyl (C=O) groups excluding carboxylic acids is 2. The number of ether oxygens (including phenoxy) is 1. The number of aromatic nitrogens is 1. The number of nitrogens with one attached hydrogen (secondary N) is 1. The monoisotopic (exact) mass is 394 g/mol. The number of hydrogen-bond donors (Lipinski definition) is 1. The number of esters is 1. The summed E-state index contributed by atoms with van der Waals surface area (Å²) in [4.78, 5) is 28.9. The summed E-state index contributed by atoms with van der Waals surface area (Å²) in [7, 11) is 0. The number of aryl methyl sites for hydroxylation is 2. The molecule has 0 aliphatic heterocycles. The quantitative estimate of drug-likeness (QED) is 0.482. The van der Waals surface area contributed by atoms with Crippen LogP contribution in [0.3, 0.4) is 0 Å². The lowest BCUT2D eigenvalue weighted by atomic mass is 10.1. The first-order valence-electron chi connectivity index (χ1n) is 9.04. The molecule has 2 aromatic carbocycles. The molecular weight excluding hydrogens is 372 g/mol. The summed E-state index contributed by atoms with van der Waals surface area (Å²) >= 11 is 1.40. The van der Waals surface area contributed by atoms with Crippen molar-refractivity contribution in [3.63, 3.8) is 0 Å². The molecule has 6 heteroatoms. The highest BCUT2D eigenvalue weighted by molar-refractivity contribution is 8.00. The van der Waals surface area contributed by atoms with Crippen LogP contribution in [0.5, 0.6) is 0 Å². The van der Waals surface area contributed by atoms with E-state index in [0.717, 1.165) is 27.1 Å². The molecule has 0 radical (unpaired) electrons. The number of thioether (sulfide) groups is 1. The lowest BCUT2D eigenvalue weighted by molar-refractivity contribution is -0.113. The van der Waals surface area contributed by atoms with E-state index in [1.165, 1.54) is 11.8 Å². The van der Waals surface area contributed by atoms with Crippen molar-refractivity contribution in [1.29, 1.82) is 0 Å². The number of pyridine rings is 1. The minimum atomic E-state index is -0.403. The molecule has 1 aromatic heterocycles. The minimum absolute atomic E-state index is 0.156. The first-order valence-corrected chi connectivity index (χ1v) is 10.0. The zero-order chi connectivity index (χ0) is 20.1. The Labute approximate surface area is 168 Å². The van der Waals surface area contributed by atoms with E-state index in [1.54, 1.807) is 31.2 Å². The van der Waals surface area contributed by atoms with Crippen LogP contribution in [0.4, 0.5) is 5.69 Å². The number of amides is 1. The van der Waals surface area contributed by atoms with E-state index in [2.05, 4.69) is 23.5 Å². The highest BCUT2D eigenvalue weighted by Crippen LogP contribution is 2.25. The van der Waals surface area contributed by atoms with Crippen molar-refractivity contribution in [1.82, 2.24) is 4.98 Å². The number of benzene rings is 2. The number of fused-ring (bicyclic) bond motifs is 1. The Balaban J connectivity index is 1.66. The van der Waals surface area contributed by atoms with Gasteiger partial charge in [-0.2, -0.15) is 0 Å². The van der Waals surface area contributed by atoms with Crippen molar-refractivity contribution >= 4 is 40.2 Å². The maximum Gasteiger partial charge on any atom is 0.338 e. The second kappa shape index (κ2) is 8.89. The Morgan fingerprint density at radius 2 is 1.93 bits per heavy atom. The number of carbonyl (C=O) groups is 2. The van der Waals surface area contributed by atoms with Crippen molar-refractivity contribution in [2.75, 3.05) is 17.7 Å². The van der Waals surface area contributed by atoms with Crippen LogP contribution in [0.25, 0.3) is 10.9 Å². The number of rotatable bonds is 6. The number of hydrogen-bond acceptors (Lipinski definition) is 5. The molecular formula is C22H22N2O3S. The molecule has 0 saturated carbocycles. The van der Waals surface area contributed by atoms with Gasteiger partial charge in [0.25, 0.3) is 0 Å². The normalized spacial score (nSPS) is 10.7. The number of anilines is 1. The molecule has 0 aliphatic carbocycles. The zero-order valence-corrected chi connectivity index (χ0v) is 16.9. The molecule has 1 N–H and O–H groups in total. The Morgan fingerprint density at radius 3 is 2.71 bits per heavy atom. The van der Waals surface area contributed by atoms with Gasteiger partial charge in [-0.3, -0.25) is 4.79 Å². The molecule has 144 valence electrons. The highest BCUT2D eigenvalue weighted by atomic mass is 32.2. The first kappa shape index (κ1) is 19.9. The summed E-state index contributed by atoms with van der Waals surface area (Å²) in [6, 6.07) is 15.0. The second-order valence-corrected chi connectivity index (χ2v) is 7.41. The van der Waals surface area contributed by atoms with Crippen LogP contribution in [0, 0.1) is 13.8 Å². The summed E-state index contributed by atoms with van der Waals surface area (Å²) in [5.74, 6) is -0.328. The summed E-state index contributed by atoms with van der Waals surface area (Å²) in [6.07, 6.45) is 0. The van der Waals surface area contributed by atoms with Crippen LogP contribution in [0.15, 0.2) is 53.6 Å². The fraction of sp³-hybridized carbons (Fsp3) is 0.227. The Hall–Kier alpha value is -2.86. The van der Waals surface area contributed by atoms with Crippen molar-refractivity contribution < 1.29 is 14.3 Å². The van der Waals surface area contributed by atoms with Gasteiger partial charge >= 0.3 is 5.97 Å². The molecule has 0 bridgehead atoms. The van der Waals surface area contributed by atoms with Crippen LogP contribution in [-0.4, -0.2) is 29.2 Å². The van der Waals surface area contributed by atoms with Gasteiger partial charge in [-0.25, -0.2) is 9.78 Å². The van der Waals surface area contributed by atoms with E-state index < -0.39 is 5.97 Å². The maximum atomic E-state index is 12.3. The average Bonchev–Trinajstić information content (AvgIpc) is 2.67. The summed E-state index contributed by atoms with van der Waals surface area (Å²) < 4.78 is 4.99. The van der Waals surface area contributed by atoms with Crippen molar-refractivity contribution in [3.05, 3.63) is 65.2 Å². The third-order valence-corrected chi connectivity index (χ3v) is 5.21. The van der Waals surface area contributed by atoms with Gasteiger partial charge in [-0.15, -0.1) is 0 Å². The van der Waals surface area contributed by atoms with Gasteiger partial charge in [0.05, 0.1) is 23.4 Å². The lowest BCUT2D eigenvalue weighted by Gasteiger charge is -2.09. The summed E-state index contributed by atoms with van der Waals surface area (Å²) in [5, 5.41) is 4.75. The summed E-state index contributed by atoms with van der Waals surface area (Å²) in [5.41, 5.74) is 4.10. The smallest absolute Gasteiger partial charge is 0.338 e. The fourth-order valence-electron chi connectivity index (χ4n) is 2.78. The molecule has 1 amide bonds. The molecule has 0 aliphatic rings. The predicted octanol–water partition coefficient (Wildman–Crippen LogP) is 4.76. The van der Waals surface area contributed by atoms with E-state index in [1.807, 2.05) is 19.9 Å². The van der Waals surface area contributed by atoms with Crippen molar-refractivity contribution in [2.24, 2.45) is 0 Å². The van der Waals surface area contributed by atoms with E-state index in [0.29, 0.717) is 17.9 Å². The highest BCUT2D eigenvalue weighted by Gasteiger charge is 2.11. The molecule has 0 spiro atoms. The minimum Gasteiger partial charge on any atom is -0.462 e. The van der Waals surface area contributed by atoms with Crippen LogP contribution in [-0.2, 0) is 9.53 Å². The third kappa shape index (κ3) is 4.89. The van der Waals surface area contributed by atoms with E-state index in [-0.39, 0.29) is 11.7 Å². The van der Waals surface area contributed by atoms with Crippen molar-refractivity contribution in [2.45, 2.75) is 25.8 Å². The molecule has 3 rings (SSSR count). The molecule has 0 fully saturated rings. The molecule has 1 heterocycles. The first-order chi connectivity index (χ1) is 13.5. The largest absolute Gasteiger partial charge is 0.462 e. The van der Waals surface area contributed by atoms with Gasteiger partial charge in [0, 0.05) is 11.1 Å². The Morgan fingerprint density at radius 1 is 1.11 bits per heavy atom. The van der Waals surface area contributed by atoms with Crippen LogP contribution >= 0.6 is 11.8 Å². The maximum absolute atomic E-state index is 12.3. The predicted molar refractivity (Wildman–Crippen MR) is 113 cm³/mol. The lowest BCUT2D eigenvalue weighted by Crippen LogP contribution is -2.15. The van der Waals surface area contributed by atoms with Gasteiger partial charge in [0.2, 0.25) is 5.91 Å². The fourth-order valence-corrected chi connectivity index (χ4v) is 3.57. The number of nitrogens with zero attached hydrogens (tertiary/aromatic N) is 1. The van der Waals surface area contributed by atoms with Gasteiger partial charge in [-0.05, 0) is 62.2 Å². The van der Waals surface area contributed by atoms with Gasteiger partial charge in [-0.1, -0.05) is 30.0 Å². The summed E-state index contributed by atoms with van der Waals surface area (Å²) in [6.45, 7) is 6.09. The molecule has 0 atom stereocenters. The van der Waals surface area contributed by atoms with Crippen molar-refractivity contribution in [3.8, 4) is 0 Å². The topological polar surface area (TPSA) is 68.3 Å². The van der Waals surface area contributed by atoms with Gasteiger partial charge < -0.3 is 10.1 Å². The Kier molecular flexibility index (Phi) is 6.31. The molecule has 3 aromatic rings. The van der Waals surface area contributed by atoms with E-state index in [9.17, 15) is 9.59 Å². The molecule has 0 saturated heterocycles. The zero-order valence-electron chi connectivity index (χ0n) is 16.1. The van der Waals surface area contributed by atoms with E-state index >= 15 is 0 Å². The molecule has 28 heavy (non-hydrogen) atoms. The molecule has 5 nitrogen and oxygen atoms in total. The second-order valence-electron chi connectivity index (χ2n) is 6.44. The third-order valence-electron chi connectivity index (χ3n) is 4.11. The van der Waals surface area contributed by atoms with Gasteiger partial charge in [0.15, 0.2) is 0 Å². The standard InChI is InChI=1S/C22H22N2O3S/c1-4-27-22(26)17-6-5-7-18(12-17)23-20(25)13-28-21-15(3)11-16-9-8-14(2)10-19(16)24-21/h5-12H,4,13H2,1-3H3,(H,23,25). The van der Waals surface area contributed by atoms with E-state index in [4.69, 9.17) is 9.72 Å². The molecule has 0 unspecified atom stereocenters. The SMILES string of the molecule is CCOC(=O)c1cccc(NC(=O)CSc2nc3cc(C)ccc3cc2C)c1. The van der Waals surface area contributed by atoms with Crippen LogP contribution in [0.2, 0.25) is 0 Å². The Bertz CT molecular complexity index is 1030. The van der Waals surface area contributed by atoms with Crippen LogP contribution in [0.1, 0.15) is 28.4 Å². The van der Waals surface area contributed by atoms with Crippen LogP contribution < -0.4 is 5.32 Å². The van der Waals surface area contributed by atoms with Gasteiger partial charge in [0.1, 0.15) is 5.03 Å².